The van der Waals surface area contributed by atoms with Crippen LogP contribution in [0.15, 0.2) is 24.3 Å². The molecule has 0 radical (unpaired) electrons. The Balaban J connectivity index is 2.67. The first kappa shape index (κ1) is 16.6. The van der Waals surface area contributed by atoms with E-state index >= 15 is 0 Å². The molecular weight excluding hydrogens is 246 g/mol. The highest BCUT2D eigenvalue weighted by molar-refractivity contribution is 5.49. The third-order valence-electron chi connectivity index (χ3n) is 3.65. The summed E-state index contributed by atoms with van der Waals surface area (Å²) in [5, 5.41) is 10.2. The molecule has 0 amide bonds. The fourth-order valence-corrected chi connectivity index (χ4v) is 2.17. The number of rotatable bonds is 6. The van der Waals surface area contributed by atoms with Crippen LogP contribution in [0.4, 0.5) is 5.69 Å². The molecule has 0 saturated carbocycles. The van der Waals surface area contributed by atoms with Crippen LogP contribution in [0.5, 0.6) is 0 Å². The summed E-state index contributed by atoms with van der Waals surface area (Å²) in [7, 11) is 4.04. The molecule has 1 N–H and O–H groups in total. The summed E-state index contributed by atoms with van der Waals surface area (Å²) in [6, 6.07) is 8.10. The average molecular weight is 273 g/mol. The predicted molar refractivity (Wildman–Crippen MR) is 87.0 cm³/mol. The van der Waals surface area contributed by atoms with Crippen LogP contribution >= 0.6 is 0 Å². The van der Waals surface area contributed by atoms with Crippen molar-refractivity contribution in [1.29, 1.82) is 0 Å². The largest absolute Gasteiger partial charge is 0.380 e. The van der Waals surface area contributed by atoms with Gasteiger partial charge in [-0.25, -0.2) is 0 Å². The molecular formula is C18H27NO. The lowest BCUT2D eigenvalue weighted by Crippen LogP contribution is -2.17. The lowest BCUT2D eigenvalue weighted by Gasteiger charge is -2.16. The summed E-state index contributed by atoms with van der Waals surface area (Å²) >= 11 is 0. The first-order valence-electron chi connectivity index (χ1n) is 7.55. The number of hydrogen-bond acceptors (Lipinski definition) is 2. The predicted octanol–water partition coefficient (Wildman–Crippen LogP) is 3.68. The highest BCUT2D eigenvalue weighted by Crippen LogP contribution is 2.17. The molecule has 20 heavy (non-hydrogen) atoms. The monoisotopic (exact) mass is 273 g/mol. The maximum absolute atomic E-state index is 10.2. The Morgan fingerprint density at radius 3 is 2.30 bits per heavy atom. The van der Waals surface area contributed by atoms with E-state index in [0.29, 0.717) is 5.92 Å². The fourth-order valence-electron chi connectivity index (χ4n) is 2.17. The van der Waals surface area contributed by atoms with Gasteiger partial charge in [0.1, 0.15) is 6.10 Å². The Kier molecular flexibility index (Phi) is 7.18. The van der Waals surface area contributed by atoms with Crippen LogP contribution in [-0.4, -0.2) is 25.3 Å². The molecule has 0 saturated heterocycles. The normalized spacial score (nSPS) is 13.2. The molecule has 1 aromatic carbocycles. The highest BCUT2D eigenvalue weighted by atomic mass is 16.3. The fraction of sp³-hybridized carbons (Fsp3) is 0.556. The summed E-state index contributed by atoms with van der Waals surface area (Å²) in [6.07, 6.45) is 3.86. The summed E-state index contributed by atoms with van der Waals surface area (Å²) < 4.78 is 0. The topological polar surface area (TPSA) is 23.5 Å². The van der Waals surface area contributed by atoms with E-state index in [0.717, 1.165) is 30.5 Å². The molecule has 0 aliphatic heterocycles. The van der Waals surface area contributed by atoms with Gasteiger partial charge in [0.05, 0.1) is 0 Å². The van der Waals surface area contributed by atoms with Crippen molar-refractivity contribution >= 4 is 5.69 Å². The van der Waals surface area contributed by atoms with E-state index in [1.165, 1.54) is 6.42 Å². The van der Waals surface area contributed by atoms with Crippen molar-refractivity contribution in [3.63, 3.8) is 0 Å². The number of aliphatic hydroxyl groups is 1. The Hall–Kier alpha value is -1.46. The molecule has 110 valence electrons. The number of nitrogens with zero attached hydrogens (tertiary/aromatic N) is 1. The van der Waals surface area contributed by atoms with Gasteiger partial charge in [0.25, 0.3) is 0 Å². The first-order valence-corrected chi connectivity index (χ1v) is 7.55. The average Bonchev–Trinajstić information content (AvgIpc) is 2.46. The molecule has 0 aromatic heterocycles. The number of hydrogen-bond donors (Lipinski definition) is 1. The van der Waals surface area contributed by atoms with E-state index in [-0.39, 0.29) is 0 Å². The Labute approximate surface area is 123 Å². The highest BCUT2D eigenvalue weighted by Gasteiger charge is 2.14. The van der Waals surface area contributed by atoms with Crippen molar-refractivity contribution in [1.82, 2.24) is 0 Å². The molecule has 0 aliphatic rings. The number of unbranched alkanes of at least 4 members (excludes halogenated alkanes) is 1. The minimum absolute atomic E-state index is 0.295. The summed E-state index contributed by atoms with van der Waals surface area (Å²) in [6.45, 7) is 4.30. The Morgan fingerprint density at radius 2 is 1.80 bits per heavy atom. The maximum Gasteiger partial charge on any atom is 0.117 e. The Bertz CT molecular complexity index is 439. The molecule has 2 unspecified atom stereocenters. The zero-order chi connectivity index (χ0) is 15.0. The van der Waals surface area contributed by atoms with Crippen LogP contribution in [0, 0.1) is 17.8 Å². The molecule has 2 heteroatoms. The first-order chi connectivity index (χ1) is 9.58. The van der Waals surface area contributed by atoms with E-state index in [1.54, 1.807) is 0 Å². The molecule has 0 fully saturated rings. The lowest BCUT2D eigenvalue weighted by atomic mass is 9.93. The standard InChI is InChI=1S/C18H27NO/c1-5-7-8-16(6-2)18(20)14-11-15-9-12-17(13-10-15)19(3)4/h9-10,12-13,16,18,20H,5-8H2,1-4H3. The van der Waals surface area contributed by atoms with Crippen molar-refractivity contribution in [3.05, 3.63) is 29.8 Å². The third kappa shape index (κ3) is 5.27. The Morgan fingerprint density at radius 1 is 1.15 bits per heavy atom. The van der Waals surface area contributed by atoms with Gasteiger partial charge < -0.3 is 10.0 Å². The molecule has 0 heterocycles. The van der Waals surface area contributed by atoms with Gasteiger partial charge in [-0.05, 0) is 43.0 Å². The van der Waals surface area contributed by atoms with Gasteiger partial charge in [-0.3, -0.25) is 0 Å². The van der Waals surface area contributed by atoms with Crippen LogP contribution in [0.2, 0.25) is 0 Å². The molecule has 2 atom stereocenters. The van der Waals surface area contributed by atoms with Gasteiger partial charge in [0.2, 0.25) is 0 Å². The van der Waals surface area contributed by atoms with E-state index in [1.807, 2.05) is 38.4 Å². The molecule has 2 nitrogen and oxygen atoms in total. The van der Waals surface area contributed by atoms with Crippen molar-refractivity contribution in [2.75, 3.05) is 19.0 Å². The smallest absolute Gasteiger partial charge is 0.117 e. The number of aliphatic hydroxyl groups excluding tert-OH is 1. The number of benzene rings is 1. The third-order valence-corrected chi connectivity index (χ3v) is 3.65. The molecule has 0 aliphatic carbocycles. The SMILES string of the molecule is CCCCC(CC)C(O)C#Cc1ccc(N(C)C)cc1. The quantitative estimate of drug-likeness (QED) is 0.799. The molecule has 1 rings (SSSR count). The van der Waals surface area contributed by atoms with E-state index in [9.17, 15) is 5.11 Å². The molecule has 0 spiro atoms. The summed E-state index contributed by atoms with van der Waals surface area (Å²) in [5.74, 6) is 6.38. The zero-order valence-electron chi connectivity index (χ0n) is 13.2. The van der Waals surface area contributed by atoms with Crippen LogP contribution in [0.25, 0.3) is 0 Å². The van der Waals surface area contributed by atoms with E-state index < -0.39 is 6.10 Å². The van der Waals surface area contributed by atoms with E-state index in [4.69, 9.17) is 0 Å². The van der Waals surface area contributed by atoms with Crippen LogP contribution in [-0.2, 0) is 0 Å². The summed E-state index contributed by atoms with van der Waals surface area (Å²) in [5.41, 5.74) is 2.12. The number of anilines is 1. The van der Waals surface area contributed by atoms with Gasteiger partial charge in [-0.2, -0.15) is 0 Å². The molecule has 0 bridgehead atoms. The minimum atomic E-state index is -0.514. The zero-order valence-corrected chi connectivity index (χ0v) is 13.2. The van der Waals surface area contributed by atoms with Crippen molar-refractivity contribution in [3.8, 4) is 11.8 Å². The summed E-state index contributed by atoms with van der Waals surface area (Å²) in [4.78, 5) is 2.06. The van der Waals surface area contributed by atoms with Gasteiger partial charge in [-0.1, -0.05) is 38.5 Å². The van der Waals surface area contributed by atoms with Gasteiger partial charge in [-0.15, -0.1) is 0 Å². The van der Waals surface area contributed by atoms with Crippen LogP contribution in [0.3, 0.4) is 0 Å². The van der Waals surface area contributed by atoms with Gasteiger partial charge >= 0.3 is 0 Å². The van der Waals surface area contributed by atoms with E-state index in [2.05, 4.69) is 30.6 Å². The lowest BCUT2D eigenvalue weighted by molar-refractivity contribution is 0.150. The van der Waals surface area contributed by atoms with Gasteiger partial charge in [0.15, 0.2) is 0 Å². The van der Waals surface area contributed by atoms with Crippen molar-refractivity contribution in [2.45, 2.75) is 45.6 Å². The van der Waals surface area contributed by atoms with Crippen LogP contribution < -0.4 is 4.90 Å². The maximum atomic E-state index is 10.2. The second-order valence-electron chi connectivity index (χ2n) is 5.47. The van der Waals surface area contributed by atoms with Crippen LogP contribution in [0.1, 0.15) is 45.1 Å². The second-order valence-corrected chi connectivity index (χ2v) is 5.47. The minimum Gasteiger partial charge on any atom is -0.380 e. The van der Waals surface area contributed by atoms with Gasteiger partial charge in [0, 0.05) is 25.3 Å². The van der Waals surface area contributed by atoms with Crippen molar-refractivity contribution < 1.29 is 5.11 Å². The second kappa shape index (κ2) is 8.66. The van der Waals surface area contributed by atoms with Crippen molar-refractivity contribution in [2.24, 2.45) is 5.92 Å². The molecule has 1 aromatic rings.